The number of ketones is 1. The van der Waals surface area contributed by atoms with Crippen molar-refractivity contribution in [3.8, 4) is 0 Å². The lowest BCUT2D eigenvalue weighted by Crippen LogP contribution is -2.52. The second-order valence-electron chi connectivity index (χ2n) is 12.8. The summed E-state index contributed by atoms with van der Waals surface area (Å²) in [5.41, 5.74) is 6.16. The third-order valence-electron chi connectivity index (χ3n) is 9.70. The average molecular weight is 656 g/mol. The van der Waals surface area contributed by atoms with Crippen LogP contribution in [0.1, 0.15) is 87.9 Å². The monoisotopic (exact) mass is 655 g/mol. The van der Waals surface area contributed by atoms with Crippen molar-refractivity contribution in [3.05, 3.63) is 81.4 Å². The number of allylic oxidation sites excluding steroid dienone is 2. The molecule has 1 aliphatic carbocycles. The number of carbonyl (C=O) groups excluding carboxylic acids is 6. The number of amides is 5. The van der Waals surface area contributed by atoms with E-state index in [1.54, 1.807) is 11.0 Å². The first-order chi connectivity index (χ1) is 23.3. The summed E-state index contributed by atoms with van der Waals surface area (Å²) in [5, 5.41) is 4.72. The Bertz CT molecular complexity index is 1660. The summed E-state index contributed by atoms with van der Waals surface area (Å²) >= 11 is 0. The Morgan fingerprint density at radius 1 is 0.708 bits per heavy atom. The third-order valence-corrected chi connectivity index (χ3v) is 9.70. The lowest BCUT2D eigenvalue weighted by molar-refractivity contribution is -0.138. The lowest BCUT2D eigenvalue weighted by atomic mass is 9.81. The molecule has 252 valence electrons. The molecule has 3 aliphatic heterocycles. The van der Waals surface area contributed by atoms with Crippen molar-refractivity contribution in [1.82, 2.24) is 15.5 Å². The van der Waals surface area contributed by atoms with Crippen molar-refractivity contribution >= 4 is 35.3 Å². The van der Waals surface area contributed by atoms with Gasteiger partial charge in [-0.3, -0.25) is 39.4 Å². The van der Waals surface area contributed by atoms with Crippen LogP contribution < -0.4 is 10.6 Å². The number of hydrogen-bond donors (Lipinski definition) is 2. The SMILES string of the molecule is O=C1CCC(CC2=CCc3c(CCCOCCOCCCc4cccc5c4CN(C4CCC(=O)NC4=O)C5=O)cccc3C2=O)C(=O)N1. The number of hydrogen-bond acceptors (Lipinski definition) is 8. The van der Waals surface area contributed by atoms with E-state index in [2.05, 4.69) is 16.7 Å². The first kappa shape index (κ1) is 33.4. The van der Waals surface area contributed by atoms with Gasteiger partial charge in [-0.25, -0.2) is 0 Å². The zero-order valence-corrected chi connectivity index (χ0v) is 27.0. The van der Waals surface area contributed by atoms with Crippen LogP contribution in [0.4, 0.5) is 0 Å². The molecule has 2 aromatic carbocycles. The molecule has 0 bridgehead atoms. The van der Waals surface area contributed by atoms with Crippen LogP contribution in [-0.4, -0.2) is 72.7 Å². The summed E-state index contributed by atoms with van der Waals surface area (Å²) in [5.74, 6) is -1.79. The number of aryl methyl sites for hydroxylation is 2. The molecule has 6 rings (SSSR count). The van der Waals surface area contributed by atoms with Gasteiger partial charge in [0.25, 0.3) is 5.91 Å². The summed E-state index contributed by atoms with van der Waals surface area (Å²) < 4.78 is 11.6. The van der Waals surface area contributed by atoms with Gasteiger partial charge in [-0.05, 0) is 85.3 Å². The minimum atomic E-state index is -0.620. The fourth-order valence-corrected chi connectivity index (χ4v) is 7.12. The first-order valence-electron chi connectivity index (χ1n) is 16.9. The molecular weight excluding hydrogens is 614 g/mol. The number of benzene rings is 2. The van der Waals surface area contributed by atoms with Gasteiger partial charge in [0.2, 0.25) is 23.6 Å². The van der Waals surface area contributed by atoms with Crippen molar-refractivity contribution in [1.29, 1.82) is 0 Å². The molecule has 2 fully saturated rings. The van der Waals surface area contributed by atoms with E-state index < -0.39 is 11.9 Å². The van der Waals surface area contributed by atoms with Gasteiger partial charge >= 0.3 is 0 Å². The number of nitrogens with zero attached hydrogens (tertiary/aromatic N) is 1. The molecule has 0 saturated carbocycles. The molecule has 5 amide bonds. The van der Waals surface area contributed by atoms with Crippen LogP contribution in [0.15, 0.2) is 48.0 Å². The first-order valence-corrected chi connectivity index (χ1v) is 16.9. The number of Topliss-reactive ketones (excluding diaryl/α,β-unsaturated/α-hetero) is 1. The van der Waals surface area contributed by atoms with Crippen molar-refractivity contribution in [2.75, 3.05) is 26.4 Å². The number of carbonyl (C=O) groups is 6. The highest BCUT2D eigenvalue weighted by Gasteiger charge is 2.39. The number of nitrogens with one attached hydrogen (secondary N) is 2. The van der Waals surface area contributed by atoms with Crippen LogP contribution in [0.2, 0.25) is 0 Å². The Morgan fingerprint density at radius 3 is 2.00 bits per heavy atom. The molecule has 2 unspecified atom stereocenters. The van der Waals surface area contributed by atoms with E-state index in [1.807, 2.05) is 30.3 Å². The predicted octanol–water partition coefficient (Wildman–Crippen LogP) is 3.15. The van der Waals surface area contributed by atoms with Gasteiger partial charge < -0.3 is 14.4 Å². The number of imide groups is 2. The number of fused-ring (bicyclic) bond motifs is 2. The molecule has 2 N–H and O–H groups in total. The molecular formula is C37H41N3O8. The van der Waals surface area contributed by atoms with Crippen molar-refractivity contribution < 1.29 is 38.2 Å². The van der Waals surface area contributed by atoms with E-state index in [9.17, 15) is 28.8 Å². The Kier molecular flexibility index (Phi) is 10.6. The quantitative estimate of drug-likeness (QED) is 0.233. The fourth-order valence-electron chi connectivity index (χ4n) is 7.12. The largest absolute Gasteiger partial charge is 0.379 e. The molecule has 4 aliphatic rings. The summed E-state index contributed by atoms with van der Waals surface area (Å²) in [6.45, 7) is 2.46. The summed E-state index contributed by atoms with van der Waals surface area (Å²) in [6.07, 6.45) is 7.43. The van der Waals surface area contributed by atoms with E-state index in [0.29, 0.717) is 81.8 Å². The van der Waals surface area contributed by atoms with Crippen LogP contribution in [-0.2, 0) is 54.5 Å². The highest BCUT2D eigenvalue weighted by Crippen LogP contribution is 2.32. The van der Waals surface area contributed by atoms with Crippen LogP contribution in [0.3, 0.4) is 0 Å². The van der Waals surface area contributed by atoms with Gasteiger partial charge in [-0.2, -0.15) is 0 Å². The molecule has 2 saturated heterocycles. The number of piperidine rings is 2. The zero-order valence-electron chi connectivity index (χ0n) is 27.0. The normalized spacial score (nSPS) is 20.8. The maximum atomic E-state index is 13.2. The molecule has 0 radical (unpaired) electrons. The minimum Gasteiger partial charge on any atom is -0.379 e. The molecule has 48 heavy (non-hydrogen) atoms. The predicted molar refractivity (Wildman–Crippen MR) is 174 cm³/mol. The van der Waals surface area contributed by atoms with Gasteiger partial charge in [-0.15, -0.1) is 0 Å². The van der Waals surface area contributed by atoms with Crippen molar-refractivity contribution in [2.24, 2.45) is 5.92 Å². The minimum absolute atomic E-state index is 0.0319. The van der Waals surface area contributed by atoms with Gasteiger partial charge in [0.15, 0.2) is 5.78 Å². The summed E-state index contributed by atoms with van der Waals surface area (Å²) in [4.78, 5) is 75.4. The average Bonchev–Trinajstić information content (AvgIpc) is 3.41. The topological polar surface area (TPSA) is 148 Å². The Hall–Kier alpha value is -4.48. The molecule has 2 atom stereocenters. The van der Waals surface area contributed by atoms with Crippen LogP contribution in [0, 0.1) is 5.92 Å². The highest BCUT2D eigenvalue weighted by atomic mass is 16.5. The number of rotatable bonds is 14. The highest BCUT2D eigenvalue weighted by molar-refractivity contribution is 6.11. The fraction of sp³-hybridized carbons (Fsp3) is 0.459. The van der Waals surface area contributed by atoms with Gasteiger partial charge in [0.1, 0.15) is 6.04 Å². The Balaban J connectivity index is 0.876. The Morgan fingerprint density at radius 2 is 1.33 bits per heavy atom. The van der Waals surface area contributed by atoms with E-state index in [-0.39, 0.29) is 41.8 Å². The van der Waals surface area contributed by atoms with E-state index in [1.165, 1.54) is 0 Å². The van der Waals surface area contributed by atoms with Crippen molar-refractivity contribution in [2.45, 2.75) is 76.8 Å². The summed E-state index contributed by atoms with van der Waals surface area (Å²) in [7, 11) is 0. The smallest absolute Gasteiger partial charge is 0.255 e. The third kappa shape index (κ3) is 7.47. The van der Waals surface area contributed by atoms with Gasteiger partial charge in [-0.1, -0.05) is 36.4 Å². The zero-order chi connectivity index (χ0) is 33.6. The van der Waals surface area contributed by atoms with Crippen LogP contribution in [0.5, 0.6) is 0 Å². The number of ether oxygens (including phenoxy) is 2. The van der Waals surface area contributed by atoms with Gasteiger partial charge in [0.05, 0.1) is 13.2 Å². The molecule has 0 aromatic heterocycles. The maximum Gasteiger partial charge on any atom is 0.255 e. The van der Waals surface area contributed by atoms with Crippen LogP contribution in [0.25, 0.3) is 0 Å². The second-order valence-corrected chi connectivity index (χ2v) is 12.8. The van der Waals surface area contributed by atoms with Gasteiger partial charge in [0, 0.05) is 49.6 Å². The van der Waals surface area contributed by atoms with Crippen LogP contribution >= 0.6 is 0 Å². The van der Waals surface area contributed by atoms with Crippen molar-refractivity contribution in [3.63, 3.8) is 0 Å². The molecule has 3 heterocycles. The molecule has 2 aromatic rings. The Labute approximate surface area is 279 Å². The molecule has 0 spiro atoms. The van der Waals surface area contributed by atoms with E-state index in [0.717, 1.165) is 47.9 Å². The molecule has 11 heteroatoms. The van der Waals surface area contributed by atoms with E-state index in [4.69, 9.17) is 9.47 Å². The maximum absolute atomic E-state index is 13.2. The second kappa shape index (κ2) is 15.2. The summed E-state index contributed by atoms with van der Waals surface area (Å²) in [6, 6.07) is 10.9. The lowest BCUT2D eigenvalue weighted by Gasteiger charge is -2.29. The standard InChI is InChI=1S/C37H41N3O8/c41-32-15-12-26(35(44)38-32)21-25-11-13-27-23(5-1-9-28(27)34(25)43)7-3-17-47-19-20-48-18-4-8-24-6-2-10-29-30(24)22-40(37(29)46)31-14-16-33(42)39-36(31)45/h1-2,5-6,9-11,26,31H,3-4,7-8,12-22H2,(H,38,41,44)(H,39,42,45). The molecule has 11 nitrogen and oxygen atoms in total. The van der Waals surface area contributed by atoms with E-state index >= 15 is 0 Å².